The first kappa shape index (κ1) is 22.4. The van der Waals surface area contributed by atoms with Crippen LogP contribution >= 0.6 is 15.9 Å². The van der Waals surface area contributed by atoms with Crippen LogP contribution in [0.4, 0.5) is 0 Å². The number of fused-ring (bicyclic) bond motifs is 1. The summed E-state index contributed by atoms with van der Waals surface area (Å²) < 4.78 is 28.2. The Morgan fingerprint density at radius 2 is 2.03 bits per heavy atom. The van der Waals surface area contributed by atoms with E-state index in [0.717, 1.165) is 30.0 Å². The maximum absolute atomic E-state index is 12.1. The van der Waals surface area contributed by atoms with Gasteiger partial charge >= 0.3 is 0 Å². The molecule has 0 spiro atoms. The molecule has 2 aliphatic heterocycles. The Hall–Kier alpha value is -2.82. The van der Waals surface area contributed by atoms with Gasteiger partial charge in [0.25, 0.3) is 5.91 Å². The predicted molar refractivity (Wildman–Crippen MR) is 121 cm³/mol. The van der Waals surface area contributed by atoms with Crippen LogP contribution in [0.25, 0.3) is 0 Å². The Kier molecular flexibility index (Phi) is 7.46. The fraction of sp³-hybridized carbons (Fsp3) is 0.364. The second kappa shape index (κ2) is 10.7. The van der Waals surface area contributed by atoms with Crippen LogP contribution < -0.4 is 24.4 Å². The third-order valence-electron chi connectivity index (χ3n) is 4.95. The number of benzene rings is 2. The van der Waals surface area contributed by atoms with E-state index in [1.54, 1.807) is 19.4 Å². The van der Waals surface area contributed by atoms with E-state index in [-0.39, 0.29) is 12.7 Å². The van der Waals surface area contributed by atoms with Gasteiger partial charge in [0.15, 0.2) is 23.0 Å². The van der Waals surface area contributed by atoms with Crippen molar-refractivity contribution in [3.05, 3.63) is 45.9 Å². The number of nitrogens with zero attached hydrogens (tertiary/aromatic N) is 2. The van der Waals surface area contributed by atoms with Gasteiger partial charge in [0.05, 0.1) is 37.6 Å². The minimum absolute atomic E-state index is 0.169. The van der Waals surface area contributed by atoms with E-state index in [1.807, 2.05) is 29.2 Å². The summed E-state index contributed by atoms with van der Waals surface area (Å²) in [4.78, 5) is 14.1. The van der Waals surface area contributed by atoms with Crippen LogP contribution in [0.5, 0.6) is 23.0 Å². The first-order chi connectivity index (χ1) is 15.6. The third kappa shape index (κ3) is 5.70. The lowest BCUT2D eigenvalue weighted by molar-refractivity contribution is -0.123. The van der Waals surface area contributed by atoms with Gasteiger partial charge in [0.1, 0.15) is 6.61 Å². The van der Waals surface area contributed by atoms with Crippen molar-refractivity contribution in [3.63, 3.8) is 0 Å². The number of halogens is 1. The first-order valence-electron chi connectivity index (χ1n) is 10.1. The molecule has 0 atom stereocenters. The number of amides is 1. The summed E-state index contributed by atoms with van der Waals surface area (Å²) >= 11 is 3.53. The van der Waals surface area contributed by atoms with Crippen molar-refractivity contribution in [3.8, 4) is 23.0 Å². The maximum atomic E-state index is 12.1. The van der Waals surface area contributed by atoms with E-state index in [4.69, 9.17) is 23.7 Å². The van der Waals surface area contributed by atoms with Crippen LogP contribution in [-0.2, 0) is 16.1 Å². The molecule has 1 amide bonds. The Labute approximate surface area is 194 Å². The fourth-order valence-electron chi connectivity index (χ4n) is 3.32. The van der Waals surface area contributed by atoms with Crippen molar-refractivity contribution in [2.24, 2.45) is 5.10 Å². The molecule has 1 fully saturated rings. The SMILES string of the molecule is COc1cc(/C=N/NC(=O)CN2CCOCC2)cc(Br)c1OCc1ccc2c(c1)OCO2. The number of hydrogen-bond donors (Lipinski definition) is 1. The van der Waals surface area contributed by atoms with Crippen molar-refractivity contribution in [2.45, 2.75) is 6.61 Å². The van der Waals surface area contributed by atoms with Crippen molar-refractivity contribution < 1.29 is 28.5 Å². The fourth-order valence-corrected chi connectivity index (χ4v) is 3.89. The molecule has 0 bridgehead atoms. The average molecular weight is 506 g/mol. The highest BCUT2D eigenvalue weighted by Gasteiger charge is 2.16. The summed E-state index contributed by atoms with van der Waals surface area (Å²) in [5, 5.41) is 4.05. The van der Waals surface area contributed by atoms with E-state index >= 15 is 0 Å². The summed E-state index contributed by atoms with van der Waals surface area (Å²) in [6.45, 7) is 3.64. The van der Waals surface area contributed by atoms with Gasteiger partial charge in [-0.1, -0.05) is 6.07 Å². The maximum Gasteiger partial charge on any atom is 0.254 e. The molecule has 0 radical (unpaired) electrons. The zero-order valence-electron chi connectivity index (χ0n) is 17.6. The van der Waals surface area contributed by atoms with Gasteiger partial charge in [-0.15, -0.1) is 0 Å². The van der Waals surface area contributed by atoms with E-state index in [9.17, 15) is 4.79 Å². The summed E-state index contributed by atoms with van der Waals surface area (Å²) in [7, 11) is 1.57. The minimum Gasteiger partial charge on any atom is -0.493 e. The largest absolute Gasteiger partial charge is 0.493 e. The van der Waals surface area contributed by atoms with E-state index in [0.29, 0.717) is 48.1 Å². The highest BCUT2D eigenvalue weighted by molar-refractivity contribution is 9.10. The highest BCUT2D eigenvalue weighted by Crippen LogP contribution is 2.38. The molecule has 170 valence electrons. The van der Waals surface area contributed by atoms with Crippen LogP contribution in [0.2, 0.25) is 0 Å². The summed E-state index contributed by atoms with van der Waals surface area (Å²) in [6.07, 6.45) is 1.56. The van der Waals surface area contributed by atoms with E-state index < -0.39 is 0 Å². The van der Waals surface area contributed by atoms with Gasteiger partial charge in [-0.25, -0.2) is 5.43 Å². The molecule has 2 aliphatic rings. The van der Waals surface area contributed by atoms with Crippen LogP contribution in [0.15, 0.2) is 39.9 Å². The number of hydrogen-bond acceptors (Lipinski definition) is 8. The molecule has 1 N–H and O–H groups in total. The Morgan fingerprint density at radius 1 is 1.22 bits per heavy atom. The van der Waals surface area contributed by atoms with Gasteiger partial charge in [0.2, 0.25) is 6.79 Å². The Bertz CT molecular complexity index is 994. The number of nitrogens with one attached hydrogen (secondary N) is 1. The molecule has 0 aliphatic carbocycles. The second-order valence-corrected chi connectivity index (χ2v) is 8.05. The quantitative estimate of drug-likeness (QED) is 0.435. The zero-order chi connectivity index (χ0) is 22.3. The molecule has 10 heteroatoms. The van der Waals surface area contributed by atoms with Gasteiger partial charge in [-0.3, -0.25) is 9.69 Å². The lowest BCUT2D eigenvalue weighted by Crippen LogP contribution is -2.42. The lowest BCUT2D eigenvalue weighted by Gasteiger charge is -2.25. The number of methoxy groups -OCH3 is 1. The highest BCUT2D eigenvalue weighted by atomic mass is 79.9. The molecule has 4 rings (SSSR count). The van der Waals surface area contributed by atoms with Crippen molar-refractivity contribution in [2.75, 3.05) is 46.8 Å². The van der Waals surface area contributed by atoms with E-state index in [2.05, 4.69) is 26.5 Å². The number of ether oxygens (including phenoxy) is 5. The molecule has 2 heterocycles. The number of morpholine rings is 1. The number of rotatable bonds is 8. The standard InChI is InChI=1S/C22H24BrN3O6/c1-28-20-10-16(11-24-25-21(27)12-26-4-6-29-7-5-26)8-17(23)22(20)30-13-15-2-3-18-19(9-15)32-14-31-18/h2-3,8-11H,4-7,12-14H2,1H3,(H,25,27)/b24-11+. The first-order valence-corrected chi connectivity index (χ1v) is 10.9. The molecule has 2 aromatic carbocycles. The third-order valence-corrected chi connectivity index (χ3v) is 5.53. The van der Waals surface area contributed by atoms with Crippen molar-refractivity contribution in [1.29, 1.82) is 0 Å². The molecular weight excluding hydrogens is 482 g/mol. The van der Waals surface area contributed by atoms with Gasteiger partial charge in [-0.05, 0) is 51.3 Å². The monoisotopic (exact) mass is 505 g/mol. The molecule has 32 heavy (non-hydrogen) atoms. The van der Waals surface area contributed by atoms with Crippen LogP contribution in [0, 0.1) is 0 Å². The molecule has 2 aromatic rings. The van der Waals surface area contributed by atoms with Crippen molar-refractivity contribution in [1.82, 2.24) is 10.3 Å². The second-order valence-electron chi connectivity index (χ2n) is 7.19. The van der Waals surface area contributed by atoms with Crippen molar-refractivity contribution >= 4 is 28.1 Å². The molecular formula is C22H24BrN3O6. The normalized spacial score (nSPS) is 15.7. The number of carbonyl (C=O) groups is 1. The molecule has 0 unspecified atom stereocenters. The molecule has 0 saturated carbocycles. The van der Waals surface area contributed by atoms with E-state index in [1.165, 1.54) is 0 Å². The predicted octanol–water partition coefficient (Wildman–Crippen LogP) is 2.55. The smallest absolute Gasteiger partial charge is 0.254 e. The molecule has 9 nitrogen and oxygen atoms in total. The van der Waals surface area contributed by atoms with Gasteiger partial charge in [0, 0.05) is 13.1 Å². The molecule has 0 aromatic heterocycles. The zero-order valence-corrected chi connectivity index (χ0v) is 19.2. The van der Waals surface area contributed by atoms with Crippen LogP contribution in [-0.4, -0.2) is 63.8 Å². The van der Waals surface area contributed by atoms with Crippen LogP contribution in [0.1, 0.15) is 11.1 Å². The minimum atomic E-state index is -0.169. The Balaban J connectivity index is 1.35. The lowest BCUT2D eigenvalue weighted by atomic mass is 10.2. The molecule has 1 saturated heterocycles. The topological polar surface area (TPSA) is 90.9 Å². The summed E-state index contributed by atoms with van der Waals surface area (Å²) in [5.41, 5.74) is 4.24. The number of carbonyl (C=O) groups excluding carboxylic acids is 1. The summed E-state index contributed by atoms with van der Waals surface area (Å²) in [6, 6.07) is 9.31. The average Bonchev–Trinajstić information content (AvgIpc) is 3.26. The number of hydrazone groups is 1. The Morgan fingerprint density at radius 3 is 2.84 bits per heavy atom. The summed E-state index contributed by atoms with van der Waals surface area (Å²) in [5.74, 6) is 2.38. The van der Waals surface area contributed by atoms with Gasteiger partial charge in [-0.2, -0.15) is 5.10 Å². The van der Waals surface area contributed by atoms with Gasteiger partial charge < -0.3 is 23.7 Å². The van der Waals surface area contributed by atoms with Crippen LogP contribution in [0.3, 0.4) is 0 Å².